The van der Waals surface area contributed by atoms with Crippen molar-refractivity contribution in [1.82, 2.24) is 10.2 Å². The van der Waals surface area contributed by atoms with Crippen molar-refractivity contribution >= 4 is 62.7 Å². The van der Waals surface area contributed by atoms with Crippen molar-refractivity contribution in [3.63, 3.8) is 0 Å². The van der Waals surface area contributed by atoms with E-state index in [1.165, 1.54) is 11.8 Å². The molecule has 0 aliphatic rings. The van der Waals surface area contributed by atoms with E-state index in [1.807, 2.05) is 54.6 Å². The Morgan fingerprint density at radius 3 is 2.26 bits per heavy atom. The van der Waals surface area contributed by atoms with Gasteiger partial charge >= 0.3 is 0 Å². The fourth-order valence-electron chi connectivity index (χ4n) is 3.55. The molecule has 0 aromatic heterocycles. The number of likely N-dealkylation sites (N-methyl/N-ethyl adjacent to an activating group) is 1. The normalized spacial score (nSPS) is 11.6. The number of nitrogens with zero attached hydrogens (tertiary/aromatic N) is 1. The first kappa shape index (κ1) is 26.6. The third-order valence-corrected chi connectivity index (χ3v) is 7.44. The highest BCUT2D eigenvalue weighted by molar-refractivity contribution is 9.10. The monoisotopic (exact) mass is 578 g/mol. The number of carbonyl (C=O) groups excluding carboxylic acids is 2. The van der Waals surface area contributed by atoms with Gasteiger partial charge in [0, 0.05) is 40.3 Å². The third-order valence-electron chi connectivity index (χ3n) is 5.29. The van der Waals surface area contributed by atoms with Crippen LogP contribution in [0.3, 0.4) is 0 Å². The SMILES string of the molecule is CNC(=O)[C@@H](Cc1ccccc1)N(Cc1cccc(Br)c1)C(=O)CSCc1c(Cl)cccc1Cl. The first-order valence-electron chi connectivity index (χ1n) is 10.7. The largest absolute Gasteiger partial charge is 0.357 e. The van der Waals surface area contributed by atoms with Crippen molar-refractivity contribution in [3.8, 4) is 0 Å². The van der Waals surface area contributed by atoms with Crippen molar-refractivity contribution in [2.45, 2.75) is 24.8 Å². The van der Waals surface area contributed by atoms with Gasteiger partial charge in [0.2, 0.25) is 11.8 Å². The molecule has 1 N–H and O–H groups in total. The molecule has 0 bridgehead atoms. The van der Waals surface area contributed by atoms with E-state index in [0.717, 1.165) is 21.2 Å². The van der Waals surface area contributed by atoms with Crippen LogP contribution in [0.1, 0.15) is 16.7 Å². The van der Waals surface area contributed by atoms with Gasteiger partial charge < -0.3 is 10.2 Å². The number of rotatable bonds is 10. The Morgan fingerprint density at radius 1 is 0.971 bits per heavy atom. The maximum Gasteiger partial charge on any atom is 0.242 e. The summed E-state index contributed by atoms with van der Waals surface area (Å²) in [6.45, 7) is 0.316. The zero-order valence-electron chi connectivity index (χ0n) is 18.6. The summed E-state index contributed by atoms with van der Waals surface area (Å²) in [7, 11) is 1.59. The van der Waals surface area contributed by atoms with Crippen LogP contribution in [0.15, 0.2) is 77.3 Å². The van der Waals surface area contributed by atoms with E-state index in [4.69, 9.17) is 23.2 Å². The van der Waals surface area contributed by atoms with Gasteiger partial charge in [-0.1, -0.05) is 87.7 Å². The summed E-state index contributed by atoms with van der Waals surface area (Å²) >= 11 is 17.5. The third kappa shape index (κ3) is 7.51. The summed E-state index contributed by atoms with van der Waals surface area (Å²) in [5, 5.41) is 3.88. The predicted octanol–water partition coefficient (Wildman–Crippen LogP) is 6.38. The van der Waals surface area contributed by atoms with Gasteiger partial charge in [0.1, 0.15) is 6.04 Å². The molecule has 178 valence electrons. The van der Waals surface area contributed by atoms with Gasteiger partial charge in [-0.05, 0) is 41.0 Å². The van der Waals surface area contributed by atoms with E-state index >= 15 is 0 Å². The molecule has 1 atom stereocenters. The molecule has 0 aliphatic carbocycles. The molecule has 0 radical (unpaired) electrons. The van der Waals surface area contributed by atoms with Crippen LogP contribution >= 0.6 is 50.9 Å². The highest BCUT2D eigenvalue weighted by Gasteiger charge is 2.29. The quantitative estimate of drug-likeness (QED) is 0.303. The van der Waals surface area contributed by atoms with Gasteiger partial charge in [0.05, 0.1) is 5.75 Å². The molecule has 3 aromatic rings. The summed E-state index contributed by atoms with van der Waals surface area (Å²) in [5.74, 6) is 0.361. The molecule has 34 heavy (non-hydrogen) atoms. The van der Waals surface area contributed by atoms with E-state index in [2.05, 4.69) is 21.2 Å². The molecule has 8 heteroatoms. The van der Waals surface area contributed by atoms with Crippen LogP contribution in [0.5, 0.6) is 0 Å². The Kier molecular flexibility index (Phi) is 10.3. The lowest BCUT2D eigenvalue weighted by Crippen LogP contribution is -2.50. The predicted molar refractivity (Wildman–Crippen MR) is 145 cm³/mol. The fraction of sp³-hybridized carbons (Fsp3) is 0.231. The van der Waals surface area contributed by atoms with Crippen LogP contribution < -0.4 is 5.32 Å². The molecule has 0 heterocycles. The number of carbonyl (C=O) groups is 2. The van der Waals surface area contributed by atoms with Crippen molar-refractivity contribution in [3.05, 3.63) is 104 Å². The van der Waals surface area contributed by atoms with Crippen LogP contribution in [0.4, 0.5) is 0 Å². The number of halogens is 3. The van der Waals surface area contributed by atoms with Crippen molar-refractivity contribution in [2.24, 2.45) is 0 Å². The number of benzene rings is 3. The Bertz CT molecular complexity index is 1110. The summed E-state index contributed by atoms with van der Waals surface area (Å²) in [5.41, 5.74) is 2.72. The standard InChI is InChI=1S/C26H25BrCl2N2O2S/c1-30-26(33)24(14-18-7-3-2-4-8-18)31(15-19-9-5-10-20(27)13-19)25(32)17-34-16-21-22(28)11-6-12-23(21)29/h2-13,24H,14-17H2,1H3,(H,30,33)/t24-/m1/s1. The Balaban J connectivity index is 1.83. The second-order valence-corrected chi connectivity index (χ2v) is 10.4. The van der Waals surface area contributed by atoms with Crippen molar-refractivity contribution < 1.29 is 9.59 Å². The number of hydrogen-bond donors (Lipinski definition) is 1. The minimum absolute atomic E-state index is 0.127. The minimum Gasteiger partial charge on any atom is -0.357 e. The average molecular weight is 580 g/mol. The molecule has 4 nitrogen and oxygen atoms in total. The van der Waals surface area contributed by atoms with E-state index < -0.39 is 6.04 Å². The van der Waals surface area contributed by atoms with E-state index in [1.54, 1.807) is 30.1 Å². The Hall–Kier alpha value is -1.99. The van der Waals surface area contributed by atoms with Crippen LogP contribution in [0, 0.1) is 0 Å². The highest BCUT2D eigenvalue weighted by Crippen LogP contribution is 2.28. The molecule has 0 unspecified atom stereocenters. The molecule has 2 amide bonds. The van der Waals surface area contributed by atoms with Gasteiger partial charge in [-0.25, -0.2) is 0 Å². The smallest absolute Gasteiger partial charge is 0.242 e. The number of nitrogens with one attached hydrogen (secondary N) is 1. The maximum atomic E-state index is 13.5. The van der Waals surface area contributed by atoms with Gasteiger partial charge in [0.25, 0.3) is 0 Å². The number of amides is 2. The van der Waals surface area contributed by atoms with Crippen LogP contribution in [0.2, 0.25) is 10.0 Å². The molecule has 0 saturated heterocycles. The van der Waals surface area contributed by atoms with Crippen molar-refractivity contribution in [1.29, 1.82) is 0 Å². The lowest BCUT2D eigenvalue weighted by Gasteiger charge is -2.31. The molecule has 0 fully saturated rings. The lowest BCUT2D eigenvalue weighted by atomic mass is 10.0. The van der Waals surface area contributed by atoms with E-state index in [0.29, 0.717) is 28.8 Å². The molecule has 0 aliphatic heterocycles. The summed E-state index contributed by atoms with van der Waals surface area (Å²) < 4.78 is 0.916. The number of hydrogen-bond acceptors (Lipinski definition) is 3. The molecular weight excluding hydrogens is 555 g/mol. The molecular formula is C26H25BrCl2N2O2S. The van der Waals surface area contributed by atoms with E-state index in [-0.39, 0.29) is 17.6 Å². The van der Waals surface area contributed by atoms with Gasteiger partial charge in [-0.2, -0.15) is 0 Å². The second kappa shape index (κ2) is 13.2. The van der Waals surface area contributed by atoms with Crippen LogP contribution in [0.25, 0.3) is 0 Å². The summed E-state index contributed by atoms with van der Waals surface area (Å²) in [4.78, 5) is 28.1. The minimum atomic E-state index is -0.650. The second-order valence-electron chi connectivity index (χ2n) is 7.66. The van der Waals surface area contributed by atoms with Gasteiger partial charge in [-0.15, -0.1) is 11.8 Å². The molecule has 0 saturated carbocycles. The first-order chi connectivity index (χ1) is 16.4. The first-order valence-corrected chi connectivity index (χ1v) is 13.4. The van der Waals surface area contributed by atoms with Crippen LogP contribution in [-0.2, 0) is 28.3 Å². The fourth-order valence-corrected chi connectivity index (χ4v) is 5.64. The average Bonchev–Trinajstić information content (AvgIpc) is 2.83. The molecule has 0 spiro atoms. The summed E-state index contributed by atoms with van der Waals surface area (Å²) in [6, 6.07) is 22.2. The topological polar surface area (TPSA) is 49.4 Å². The van der Waals surface area contributed by atoms with E-state index in [9.17, 15) is 9.59 Å². The Morgan fingerprint density at radius 2 is 1.62 bits per heavy atom. The zero-order chi connectivity index (χ0) is 24.5. The van der Waals surface area contributed by atoms with Crippen molar-refractivity contribution in [2.75, 3.05) is 12.8 Å². The highest BCUT2D eigenvalue weighted by atomic mass is 79.9. The Labute approximate surface area is 223 Å². The maximum absolute atomic E-state index is 13.5. The zero-order valence-corrected chi connectivity index (χ0v) is 22.6. The van der Waals surface area contributed by atoms with Gasteiger partial charge in [-0.3, -0.25) is 9.59 Å². The molecule has 3 aromatic carbocycles. The lowest BCUT2D eigenvalue weighted by molar-refractivity contribution is -0.139. The number of thioether (sulfide) groups is 1. The summed E-state index contributed by atoms with van der Waals surface area (Å²) in [6.07, 6.45) is 0.418. The molecule has 3 rings (SSSR count). The van der Waals surface area contributed by atoms with Crippen LogP contribution in [-0.4, -0.2) is 35.6 Å². The van der Waals surface area contributed by atoms with Gasteiger partial charge in [0.15, 0.2) is 0 Å².